The van der Waals surface area contributed by atoms with Gasteiger partial charge in [0.05, 0.1) is 19.8 Å². The molecule has 0 heterocycles. The van der Waals surface area contributed by atoms with Gasteiger partial charge >= 0.3 is 19.8 Å². The Morgan fingerprint density at radius 1 is 0.500 bits per heavy atom. The molecule has 0 spiro atoms. The van der Waals surface area contributed by atoms with Crippen molar-refractivity contribution in [1.29, 1.82) is 0 Å². The molecule has 0 aromatic rings. The third-order valence-corrected chi connectivity index (χ3v) is 10.5. The standard InChI is InChI=1S/C41H81O10P/c1-3-5-7-9-11-12-13-14-15-16-17-18-19-20-21-22-23-24-25-27-28-30-32-40(44)48-36-39(37-50-52(46,47)49-35-38(43)34-42)51-41(45)33-31-29-26-10-8-6-4-2/h38-39,42-43H,3-37H2,1-2H3,(H,46,47)/t38-,39-/m1/s1. The zero-order chi connectivity index (χ0) is 38.4. The van der Waals surface area contributed by atoms with Gasteiger partial charge in [0, 0.05) is 12.8 Å². The molecule has 0 saturated carbocycles. The molecule has 0 fully saturated rings. The molecule has 0 radical (unpaired) electrons. The summed E-state index contributed by atoms with van der Waals surface area (Å²) in [6, 6.07) is 0. The van der Waals surface area contributed by atoms with E-state index in [2.05, 4.69) is 18.4 Å². The SMILES string of the molecule is CCCCCCCCCCCCCCCCCCCCCCCCC(=O)OC[C@H](COP(=O)(O)OC[C@H](O)CO)OC(=O)CCCCCCCCC. The lowest BCUT2D eigenvalue weighted by atomic mass is 10.0. The van der Waals surface area contributed by atoms with Crippen molar-refractivity contribution in [2.45, 2.75) is 225 Å². The molecule has 0 amide bonds. The van der Waals surface area contributed by atoms with Gasteiger partial charge < -0.3 is 24.6 Å². The van der Waals surface area contributed by atoms with Gasteiger partial charge in [-0.2, -0.15) is 0 Å². The van der Waals surface area contributed by atoms with Crippen LogP contribution in [0.4, 0.5) is 0 Å². The molecule has 0 aliphatic rings. The number of carbonyl (C=O) groups excluding carboxylic acids is 2. The number of phosphoric ester groups is 1. The topological polar surface area (TPSA) is 149 Å². The molecular formula is C41H81O10P. The summed E-state index contributed by atoms with van der Waals surface area (Å²) < 4.78 is 32.5. The Kier molecular flexibility index (Phi) is 37.5. The molecule has 0 bridgehead atoms. The molecule has 11 heteroatoms. The lowest BCUT2D eigenvalue weighted by Crippen LogP contribution is -2.29. The van der Waals surface area contributed by atoms with Crippen LogP contribution in [0, 0.1) is 0 Å². The highest BCUT2D eigenvalue weighted by molar-refractivity contribution is 7.47. The summed E-state index contributed by atoms with van der Waals surface area (Å²) in [5.41, 5.74) is 0. The Bertz CT molecular complexity index is 842. The van der Waals surface area contributed by atoms with Gasteiger partial charge in [0.1, 0.15) is 12.7 Å². The molecule has 310 valence electrons. The monoisotopic (exact) mass is 765 g/mol. The average molecular weight is 765 g/mol. The second kappa shape index (κ2) is 38.3. The summed E-state index contributed by atoms with van der Waals surface area (Å²) in [6.45, 7) is 2.35. The number of hydrogen-bond acceptors (Lipinski definition) is 9. The Labute approximate surface area is 318 Å². The second-order valence-corrected chi connectivity index (χ2v) is 16.2. The lowest BCUT2D eigenvalue weighted by molar-refractivity contribution is -0.161. The average Bonchev–Trinajstić information content (AvgIpc) is 3.13. The molecule has 0 aromatic heterocycles. The minimum Gasteiger partial charge on any atom is -0.462 e. The van der Waals surface area contributed by atoms with E-state index >= 15 is 0 Å². The number of unbranched alkanes of at least 4 members (excludes halogenated alkanes) is 27. The number of rotatable bonds is 41. The Balaban J connectivity index is 4.02. The van der Waals surface area contributed by atoms with Crippen LogP contribution in [-0.2, 0) is 32.7 Å². The molecule has 0 aromatic carbocycles. The Hall–Kier alpha value is -1.03. The number of ether oxygens (including phenoxy) is 2. The van der Waals surface area contributed by atoms with Crippen molar-refractivity contribution in [3.63, 3.8) is 0 Å². The fourth-order valence-electron chi connectivity index (χ4n) is 6.17. The first-order valence-electron chi connectivity index (χ1n) is 21.5. The van der Waals surface area contributed by atoms with Crippen LogP contribution in [0.1, 0.15) is 213 Å². The molecule has 0 aliphatic heterocycles. The molecular weight excluding hydrogens is 683 g/mol. The van der Waals surface area contributed by atoms with Crippen LogP contribution >= 0.6 is 7.82 Å². The van der Waals surface area contributed by atoms with E-state index in [-0.39, 0.29) is 19.4 Å². The summed E-state index contributed by atoms with van der Waals surface area (Å²) in [6.07, 6.45) is 34.0. The van der Waals surface area contributed by atoms with E-state index in [1.54, 1.807) is 0 Å². The van der Waals surface area contributed by atoms with E-state index in [9.17, 15) is 24.2 Å². The zero-order valence-corrected chi connectivity index (χ0v) is 34.4. The molecule has 1 unspecified atom stereocenters. The van der Waals surface area contributed by atoms with Crippen molar-refractivity contribution in [3.05, 3.63) is 0 Å². The maximum Gasteiger partial charge on any atom is 0.472 e. The van der Waals surface area contributed by atoms with E-state index in [1.807, 2.05) is 0 Å². The van der Waals surface area contributed by atoms with Gasteiger partial charge in [0.25, 0.3) is 0 Å². The van der Waals surface area contributed by atoms with Crippen LogP contribution in [0.5, 0.6) is 0 Å². The number of esters is 2. The van der Waals surface area contributed by atoms with Gasteiger partial charge in [0.15, 0.2) is 6.10 Å². The van der Waals surface area contributed by atoms with Crippen molar-refractivity contribution < 1.29 is 47.8 Å². The first-order chi connectivity index (χ1) is 25.2. The van der Waals surface area contributed by atoms with Crippen LogP contribution in [0.3, 0.4) is 0 Å². The summed E-state index contributed by atoms with van der Waals surface area (Å²) >= 11 is 0. The Morgan fingerprint density at radius 3 is 1.19 bits per heavy atom. The predicted octanol–water partition coefficient (Wildman–Crippen LogP) is 11.1. The predicted molar refractivity (Wildman–Crippen MR) is 210 cm³/mol. The minimum absolute atomic E-state index is 0.188. The molecule has 0 rings (SSSR count). The van der Waals surface area contributed by atoms with Gasteiger partial charge in [-0.25, -0.2) is 4.57 Å². The largest absolute Gasteiger partial charge is 0.472 e. The van der Waals surface area contributed by atoms with Crippen molar-refractivity contribution in [1.82, 2.24) is 0 Å². The van der Waals surface area contributed by atoms with Gasteiger partial charge in [-0.15, -0.1) is 0 Å². The van der Waals surface area contributed by atoms with Crippen LogP contribution in [0.2, 0.25) is 0 Å². The lowest BCUT2D eigenvalue weighted by Gasteiger charge is -2.20. The first-order valence-corrected chi connectivity index (χ1v) is 23.0. The van der Waals surface area contributed by atoms with Crippen LogP contribution < -0.4 is 0 Å². The highest BCUT2D eigenvalue weighted by Gasteiger charge is 2.27. The van der Waals surface area contributed by atoms with E-state index in [4.69, 9.17) is 19.1 Å². The number of aliphatic hydroxyl groups is 2. The molecule has 52 heavy (non-hydrogen) atoms. The van der Waals surface area contributed by atoms with Gasteiger partial charge in [-0.1, -0.05) is 187 Å². The summed E-state index contributed by atoms with van der Waals surface area (Å²) in [5, 5.41) is 18.3. The van der Waals surface area contributed by atoms with E-state index in [0.717, 1.165) is 32.1 Å². The van der Waals surface area contributed by atoms with Crippen molar-refractivity contribution >= 4 is 19.8 Å². The highest BCUT2D eigenvalue weighted by atomic mass is 31.2. The third-order valence-electron chi connectivity index (χ3n) is 9.51. The first kappa shape index (κ1) is 51.0. The van der Waals surface area contributed by atoms with Crippen LogP contribution in [-0.4, -0.2) is 65.7 Å². The van der Waals surface area contributed by atoms with E-state index in [1.165, 1.54) is 141 Å². The van der Waals surface area contributed by atoms with Crippen molar-refractivity contribution in [3.8, 4) is 0 Å². The van der Waals surface area contributed by atoms with E-state index in [0.29, 0.717) is 12.8 Å². The third kappa shape index (κ3) is 37.3. The van der Waals surface area contributed by atoms with Crippen molar-refractivity contribution in [2.75, 3.05) is 26.4 Å². The van der Waals surface area contributed by atoms with Crippen molar-refractivity contribution in [2.24, 2.45) is 0 Å². The Morgan fingerprint density at radius 2 is 0.827 bits per heavy atom. The summed E-state index contributed by atoms with van der Waals surface area (Å²) in [7, 11) is -4.60. The van der Waals surface area contributed by atoms with Crippen LogP contribution in [0.25, 0.3) is 0 Å². The normalized spacial score (nSPS) is 13.9. The molecule has 0 aliphatic carbocycles. The maximum absolute atomic E-state index is 12.4. The second-order valence-electron chi connectivity index (χ2n) is 14.7. The number of aliphatic hydroxyl groups excluding tert-OH is 2. The molecule has 10 nitrogen and oxygen atoms in total. The minimum atomic E-state index is -4.60. The smallest absolute Gasteiger partial charge is 0.462 e. The van der Waals surface area contributed by atoms with Gasteiger partial charge in [0.2, 0.25) is 0 Å². The molecule has 0 saturated heterocycles. The highest BCUT2D eigenvalue weighted by Crippen LogP contribution is 2.43. The zero-order valence-electron chi connectivity index (χ0n) is 33.6. The van der Waals surface area contributed by atoms with E-state index < -0.39 is 51.8 Å². The summed E-state index contributed by atoms with van der Waals surface area (Å²) in [5.74, 6) is -0.919. The van der Waals surface area contributed by atoms with Gasteiger partial charge in [-0.05, 0) is 12.8 Å². The number of carbonyl (C=O) groups is 2. The number of hydrogen-bond donors (Lipinski definition) is 3. The van der Waals surface area contributed by atoms with Gasteiger partial charge in [-0.3, -0.25) is 18.6 Å². The fraction of sp³-hybridized carbons (Fsp3) is 0.951. The fourth-order valence-corrected chi connectivity index (χ4v) is 6.96. The molecule has 3 N–H and O–H groups in total. The maximum atomic E-state index is 12.4. The quantitative estimate of drug-likeness (QED) is 0.0312. The van der Waals surface area contributed by atoms with Crippen LogP contribution in [0.15, 0.2) is 0 Å². The molecule has 3 atom stereocenters. The summed E-state index contributed by atoms with van der Waals surface area (Å²) in [4.78, 5) is 34.7. The number of phosphoric acid groups is 1.